The number of thiazole rings is 1. The van der Waals surface area contributed by atoms with E-state index in [-0.39, 0.29) is 12.5 Å². The highest BCUT2D eigenvalue weighted by Crippen LogP contribution is 2.30. The van der Waals surface area contributed by atoms with Crippen LogP contribution in [-0.2, 0) is 11.3 Å². The smallest absolute Gasteiger partial charge is 0.223 e. The van der Waals surface area contributed by atoms with Crippen molar-refractivity contribution < 1.29 is 9.18 Å². The van der Waals surface area contributed by atoms with E-state index in [0.29, 0.717) is 17.1 Å². The summed E-state index contributed by atoms with van der Waals surface area (Å²) >= 11 is 1.52. The first kappa shape index (κ1) is 19.1. The number of nitrogens with one attached hydrogen (secondary N) is 1. The van der Waals surface area contributed by atoms with Crippen LogP contribution < -0.4 is 5.32 Å². The summed E-state index contributed by atoms with van der Waals surface area (Å²) in [5.74, 6) is 1.13. The van der Waals surface area contributed by atoms with Gasteiger partial charge in [0.05, 0.1) is 6.54 Å². The van der Waals surface area contributed by atoms with E-state index >= 15 is 0 Å². The van der Waals surface area contributed by atoms with Crippen LogP contribution in [-0.4, -0.2) is 52.6 Å². The molecule has 1 aromatic heterocycles. The molecule has 1 fully saturated rings. The van der Waals surface area contributed by atoms with Crippen LogP contribution in [0, 0.1) is 5.92 Å². The van der Waals surface area contributed by atoms with E-state index in [2.05, 4.69) is 32.1 Å². The molecule has 8 heteroatoms. The Morgan fingerprint density at radius 2 is 2.35 bits per heavy atom. The van der Waals surface area contributed by atoms with Gasteiger partial charge in [-0.25, -0.2) is 14.4 Å². The molecule has 0 spiro atoms. The molecule has 1 aromatic rings. The van der Waals surface area contributed by atoms with Crippen LogP contribution in [0.2, 0.25) is 0 Å². The van der Waals surface area contributed by atoms with Gasteiger partial charge in [0, 0.05) is 43.2 Å². The molecule has 3 atom stereocenters. The summed E-state index contributed by atoms with van der Waals surface area (Å²) in [6, 6.07) is 0.395. The number of alkyl halides is 1. The third-order valence-corrected chi connectivity index (χ3v) is 5.87. The topological polar surface area (TPSA) is 70.0 Å². The number of carbonyl (C=O) groups is 1. The van der Waals surface area contributed by atoms with Gasteiger partial charge in [-0.3, -0.25) is 14.7 Å². The number of likely N-dealkylation sites (tertiary alicyclic amines) is 1. The van der Waals surface area contributed by atoms with E-state index in [1.807, 2.05) is 6.20 Å². The van der Waals surface area contributed by atoms with Crippen molar-refractivity contribution in [2.45, 2.75) is 58.3 Å². The van der Waals surface area contributed by atoms with Crippen molar-refractivity contribution in [3.8, 4) is 0 Å². The van der Waals surface area contributed by atoms with Crippen molar-refractivity contribution in [1.29, 1.82) is 0 Å². The largest absolute Gasteiger partial charge is 0.302 e. The van der Waals surface area contributed by atoms with E-state index in [1.54, 1.807) is 0 Å². The summed E-state index contributed by atoms with van der Waals surface area (Å²) in [4.78, 5) is 27.5. The second-order valence-corrected chi connectivity index (χ2v) is 8.51. The molecule has 1 N–H and O–H groups in total. The van der Waals surface area contributed by atoms with Crippen molar-refractivity contribution in [3.05, 3.63) is 11.1 Å². The number of hydrogen-bond donors (Lipinski definition) is 1. The van der Waals surface area contributed by atoms with Gasteiger partial charge in [-0.15, -0.1) is 11.3 Å². The maximum Gasteiger partial charge on any atom is 0.223 e. The van der Waals surface area contributed by atoms with Gasteiger partial charge >= 0.3 is 0 Å². The molecular formula is C18H26FN5OS. The van der Waals surface area contributed by atoms with E-state index in [9.17, 15) is 9.18 Å². The van der Waals surface area contributed by atoms with Crippen LogP contribution in [0.25, 0.3) is 0 Å². The summed E-state index contributed by atoms with van der Waals surface area (Å²) in [5.41, 5.74) is -1.41. The van der Waals surface area contributed by atoms with Crippen LogP contribution in [0.3, 0.4) is 0 Å². The number of aromatic nitrogens is 1. The minimum atomic E-state index is -1.41. The Kier molecular flexibility index (Phi) is 5.82. The quantitative estimate of drug-likeness (QED) is 0.853. The Balaban J connectivity index is 1.58. The van der Waals surface area contributed by atoms with E-state index in [4.69, 9.17) is 0 Å². The van der Waals surface area contributed by atoms with Crippen LogP contribution >= 0.6 is 11.3 Å². The molecular weight excluding hydrogens is 353 g/mol. The fourth-order valence-electron chi connectivity index (χ4n) is 3.47. The zero-order chi connectivity index (χ0) is 18.7. The predicted octanol–water partition coefficient (Wildman–Crippen LogP) is 3.30. The third-order valence-electron chi connectivity index (χ3n) is 4.97. The first-order valence-corrected chi connectivity index (χ1v) is 9.88. The molecule has 0 saturated carbocycles. The molecule has 3 unspecified atom stereocenters. The fraction of sp³-hybridized carbons (Fsp3) is 0.667. The number of halogens is 1. The molecule has 1 saturated heterocycles. The number of carbonyl (C=O) groups excluding carboxylic acids is 1. The van der Waals surface area contributed by atoms with Crippen LogP contribution in [0.5, 0.6) is 0 Å². The Morgan fingerprint density at radius 3 is 3.04 bits per heavy atom. The van der Waals surface area contributed by atoms with Crippen molar-refractivity contribution in [2.75, 3.05) is 18.4 Å². The van der Waals surface area contributed by atoms with Crippen molar-refractivity contribution in [2.24, 2.45) is 15.9 Å². The molecule has 2 aliphatic rings. The summed E-state index contributed by atoms with van der Waals surface area (Å²) < 4.78 is 13.8. The Labute approximate surface area is 157 Å². The van der Waals surface area contributed by atoms with Gasteiger partial charge in [-0.2, -0.15) is 0 Å². The highest BCUT2D eigenvalue weighted by Gasteiger charge is 2.31. The van der Waals surface area contributed by atoms with Gasteiger partial charge in [0.25, 0.3) is 0 Å². The lowest BCUT2D eigenvalue weighted by atomic mass is 9.87. The van der Waals surface area contributed by atoms with Crippen LogP contribution in [0.4, 0.5) is 9.52 Å². The van der Waals surface area contributed by atoms with Crippen molar-refractivity contribution >= 4 is 34.4 Å². The lowest BCUT2D eigenvalue weighted by Crippen LogP contribution is -2.43. The molecule has 26 heavy (non-hydrogen) atoms. The number of amidine groups is 1. The van der Waals surface area contributed by atoms with Gasteiger partial charge in [0.1, 0.15) is 5.84 Å². The average Bonchev–Trinajstić information content (AvgIpc) is 2.99. The molecule has 3 heterocycles. The number of anilines is 1. The van der Waals surface area contributed by atoms with Gasteiger partial charge in [-0.05, 0) is 39.2 Å². The highest BCUT2D eigenvalue weighted by atomic mass is 32.1. The summed E-state index contributed by atoms with van der Waals surface area (Å²) in [6.07, 6.45) is 6.29. The molecule has 0 aromatic carbocycles. The average molecular weight is 380 g/mol. The molecule has 0 radical (unpaired) electrons. The maximum absolute atomic E-state index is 13.8. The van der Waals surface area contributed by atoms with Crippen LogP contribution in [0.15, 0.2) is 16.2 Å². The Hall–Kier alpha value is -1.67. The third kappa shape index (κ3) is 4.94. The van der Waals surface area contributed by atoms with Gasteiger partial charge in [0.2, 0.25) is 5.91 Å². The minimum absolute atomic E-state index is 0.101. The number of aliphatic imine (C=N–C) groups is 2. The SMILES string of the molecule is CC(=O)Nc1ncc(CN2CCCC(CC3=NCC(C)(F)C=N3)C2C)s1. The number of piperidine rings is 1. The minimum Gasteiger partial charge on any atom is -0.302 e. The van der Waals surface area contributed by atoms with Gasteiger partial charge < -0.3 is 5.32 Å². The number of hydrogen-bond acceptors (Lipinski definition) is 6. The monoisotopic (exact) mass is 379 g/mol. The summed E-state index contributed by atoms with van der Waals surface area (Å²) in [5, 5.41) is 3.38. The van der Waals surface area contributed by atoms with Gasteiger partial charge in [-0.1, -0.05) is 0 Å². The van der Waals surface area contributed by atoms with Crippen molar-refractivity contribution in [3.63, 3.8) is 0 Å². The lowest BCUT2D eigenvalue weighted by Gasteiger charge is -2.39. The number of nitrogens with zero attached hydrogens (tertiary/aromatic N) is 4. The second kappa shape index (κ2) is 7.92. The molecule has 3 rings (SSSR count). The zero-order valence-electron chi connectivity index (χ0n) is 15.5. The first-order chi connectivity index (χ1) is 12.3. The second-order valence-electron chi connectivity index (χ2n) is 7.40. The fourth-order valence-corrected chi connectivity index (χ4v) is 4.36. The Morgan fingerprint density at radius 1 is 1.54 bits per heavy atom. The standard InChI is InChI=1S/C18H26FN5OS/c1-12-14(7-16-21-10-18(3,19)11-22-16)5-4-6-24(12)9-15-8-20-17(26-15)23-13(2)25/h8,10,12,14H,4-7,9,11H2,1-3H3,(H,20,23,25). The molecule has 6 nitrogen and oxygen atoms in total. The normalized spacial score (nSPS) is 29.5. The van der Waals surface area contributed by atoms with E-state index in [1.165, 1.54) is 31.4 Å². The molecule has 2 aliphatic heterocycles. The lowest BCUT2D eigenvalue weighted by molar-refractivity contribution is -0.114. The zero-order valence-corrected chi connectivity index (χ0v) is 16.4. The van der Waals surface area contributed by atoms with E-state index in [0.717, 1.165) is 43.1 Å². The number of rotatable bonds is 5. The predicted molar refractivity (Wildman–Crippen MR) is 104 cm³/mol. The molecule has 0 aliphatic carbocycles. The molecule has 142 valence electrons. The van der Waals surface area contributed by atoms with Gasteiger partial charge in [0.15, 0.2) is 10.8 Å². The van der Waals surface area contributed by atoms with E-state index < -0.39 is 5.67 Å². The first-order valence-electron chi connectivity index (χ1n) is 9.06. The Bertz CT molecular complexity index is 714. The number of amides is 1. The van der Waals surface area contributed by atoms with Crippen molar-refractivity contribution in [1.82, 2.24) is 9.88 Å². The maximum atomic E-state index is 13.8. The summed E-state index contributed by atoms with van der Waals surface area (Å²) in [6.45, 7) is 7.28. The summed E-state index contributed by atoms with van der Waals surface area (Å²) in [7, 11) is 0. The molecule has 0 bridgehead atoms. The van der Waals surface area contributed by atoms with Crippen LogP contribution in [0.1, 0.15) is 44.9 Å². The molecule has 1 amide bonds. The highest BCUT2D eigenvalue weighted by molar-refractivity contribution is 7.15.